The van der Waals surface area contributed by atoms with E-state index in [4.69, 9.17) is 0 Å². The van der Waals surface area contributed by atoms with E-state index < -0.39 is 0 Å². The van der Waals surface area contributed by atoms with Gasteiger partial charge >= 0.3 is 0 Å². The minimum absolute atomic E-state index is 0.137. The minimum Gasteiger partial charge on any atom is -0.378 e. The fourth-order valence-electron chi connectivity index (χ4n) is 1.63. The van der Waals surface area contributed by atoms with Crippen LogP contribution in [-0.4, -0.2) is 18.1 Å². The van der Waals surface area contributed by atoms with Crippen LogP contribution in [0.25, 0.3) is 0 Å². The summed E-state index contributed by atoms with van der Waals surface area (Å²) in [4.78, 5) is 23.7. The molecule has 0 bridgehead atoms. The highest BCUT2D eigenvalue weighted by molar-refractivity contribution is 6.24. The molecule has 1 N–H and O–H groups in total. The first-order chi connectivity index (χ1) is 7.74. The number of Topliss-reactive ketones (excluding diaryl/α,β-unsaturated/α-hetero) is 1. The third kappa shape index (κ3) is 1.67. The predicted octanol–water partition coefficient (Wildman–Crippen LogP) is 1.73. The third-order valence-electron chi connectivity index (χ3n) is 2.39. The molecule has 1 aliphatic rings. The number of hydrogen-bond donors (Lipinski definition) is 1. The molecule has 1 aromatic rings. The maximum absolute atomic E-state index is 12.0. The summed E-state index contributed by atoms with van der Waals surface area (Å²) >= 11 is 0. The van der Waals surface area contributed by atoms with Crippen molar-refractivity contribution in [3.63, 3.8) is 0 Å². The highest BCUT2D eigenvalue weighted by Crippen LogP contribution is 2.19. The molecule has 1 aliphatic carbocycles. The Morgan fingerprint density at radius 1 is 1.19 bits per heavy atom. The van der Waals surface area contributed by atoms with Gasteiger partial charge in [-0.15, -0.1) is 6.58 Å². The van der Waals surface area contributed by atoms with Crippen molar-refractivity contribution in [3.8, 4) is 0 Å². The van der Waals surface area contributed by atoms with Crippen LogP contribution in [0.2, 0.25) is 0 Å². The zero-order chi connectivity index (χ0) is 11.5. The van der Waals surface area contributed by atoms with Gasteiger partial charge in [-0.2, -0.15) is 0 Å². The van der Waals surface area contributed by atoms with Crippen molar-refractivity contribution in [1.82, 2.24) is 5.32 Å². The van der Waals surface area contributed by atoms with Crippen LogP contribution in [0.4, 0.5) is 0 Å². The first-order valence-corrected chi connectivity index (χ1v) is 4.98. The number of fused-ring (bicyclic) bond motifs is 1. The molecule has 3 heteroatoms. The molecule has 0 amide bonds. The van der Waals surface area contributed by atoms with E-state index >= 15 is 0 Å². The molecule has 0 saturated carbocycles. The highest BCUT2D eigenvalue weighted by Gasteiger charge is 2.24. The van der Waals surface area contributed by atoms with E-state index in [1.165, 1.54) is 6.08 Å². The van der Waals surface area contributed by atoms with Crippen LogP contribution < -0.4 is 5.32 Å². The van der Waals surface area contributed by atoms with E-state index in [9.17, 15) is 9.59 Å². The molecule has 0 spiro atoms. The zero-order valence-electron chi connectivity index (χ0n) is 8.69. The van der Waals surface area contributed by atoms with Crippen LogP contribution in [0, 0.1) is 0 Å². The van der Waals surface area contributed by atoms with Crippen molar-refractivity contribution in [2.24, 2.45) is 0 Å². The SMILES string of the molecule is C=CCNC1=CC(=O)c2ccccc2C1=O. The number of carbonyl (C=O) groups is 2. The van der Waals surface area contributed by atoms with Crippen LogP contribution >= 0.6 is 0 Å². The fourth-order valence-corrected chi connectivity index (χ4v) is 1.63. The van der Waals surface area contributed by atoms with Gasteiger partial charge in [0.1, 0.15) is 0 Å². The summed E-state index contributed by atoms with van der Waals surface area (Å²) in [5.41, 5.74) is 1.27. The highest BCUT2D eigenvalue weighted by atomic mass is 16.1. The lowest BCUT2D eigenvalue weighted by molar-refractivity contribution is 0.0979. The van der Waals surface area contributed by atoms with Gasteiger partial charge in [-0.25, -0.2) is 0 Å². The van der Waals surface area contributed by atoms with E-state index in [0.717, 1.165) is 0 Å². The van der Waals surface area contributed by atoms with Gasteiger partial charge in [0.2, 0.25) is 5.78 Å². The lowest BCUT2D eigenvalue weighted by Crippen LogP contribution is -2.26. The number of nitrogens with one attached hydrogen (secondary N) is 1. The molecule has 3 nitrogen and oxygen atoms in total. The molecule has 80 valence electrons. The van der Waals surface area contributed by atoms with Gasteiger partial charge in [-0.05, 0) is 0 Å². The van der Waals surface area contributed by atoms with E-state index in [2.05, 4.69) is 11.9 Å². The number of allylic oxidation sites excluding steroid dienone is 2. The van der Waals surface area contributed by atoms with Gasteiger partial charge in [-0.3, -0.25) is 9.59 Å². The van der Waals surface area contributed by atoms with Gasteiger partial charge in [0.25, 0.3) is 0 Å². The van der Waals surface area contributed by atoms with Crippen molar-refractivity contribution < 1.29 is 9.59 Å². The monoisotopic (exact) mass is 213 g/mol. The van der Waals surface area contributed by atoms with E-state index in [0.29, 0.717) is 23.4 Å². The standard InChI is InChI=1S/C13H11NO2/c1-2-7-14-11-8-12(15)9-5-3-4-6-10(9)13(11)16/h2-6,8,14H,1,7H2. The summed E-state index contributed by atoms with van der Waals surface area (Å²) in [6.07, 6.45) is 2.98. The van der Waals surface area contributed by atoms with Gasteiger partial charge in [0.05, 0.1) is 5.70 Å². The maximum Gasteiger partial charge on any atom is 0.209 e. The van der Waals surface area contributed by atoms with Crippen molar-refractivity contribution in [2.45, 2.75) is 0 Å². The Labute approximate surface area is 93.5 Å². The summed E-state index contributed by atoms with van der Waals surface area (Å²) in [5, 5.41) is 2.87. The summed E-state index contributed by atoms with van der Waals surface area (Å²) in [7, 11) is 0. The quantitative estimate of drug-likeness (QED) is 0.778. The second-order valence-corrected chi connectivity index (χ2v) is 3.47. The Balaban J connectivity index is 2.39. The van der Waals surface area contributed by atoms with Gasteiger partial charge in [0.15, 0.2) is 5.78 Å². The molecule has 0 aromatic heterocycles. The van der Waals surface area contributed by atoms with Crippen LogP contribution in [0.1, 0.15) is 20.7 Å². The van der Waals surface area contributed by atoms with Crippen molar-refractivity contribution in [1.29, 1.82) is 0 Å². The third-order valence-corrected chi connectivity index (χ3v) is 2.39. The normalized spacial score (nSPS) is 14.1. The van der Waals surface area contributed by atoms with Crippen molar-refractivity contribution in [3.05, 3.63) is 59.8 Å². The summed E-state index contributed by atoms with van der Waals surface area (Å²) in [5.74, 6) is -0.279. The number of carbonyl (C=O) groups excluding carboxylic acids is 2. The zero-order valence-corrected chi connectivity index (χ0v) is 8.69. The van der Waals surface area contributed by atoms with Crippen LogP contribution in [0.3, 0.4) is 0 Å². The fraction of sp³-hybridized carbons (Fsp3) is 0.0769. The Kier molecular flexibility index (Phi) is 2.68. The molecule has 0 fully saturated rings. The Hall–Kier alpha value is -2.16. The molecule has 0 unspecified atom stereocenters. The van der Waals surface area contributed by atoms with E-state index in [-0.39, 0.29) is 11.6 Å². The van der Waals surface area contributed by atoms with E-state index in [1.54, 1.807) is 30.3 Å². The molecule has 0 saturated heterocycles. The molecule has 2 rings (SSSR count). The first-order valence-electron chi connectivity index (χ1n) is 4.98. The van der Waals surface area contributed by atoms with Crippen molar-refractivity contribution >= 4 is 11.6 Å². The molecule has 0 heterocycles. The average molecular weight is 213 g/mol. The van der Waals surface area contributed by atoms with E-state index in [1.807, 2.05) is 0 Å². The van der Waals surface area contributed by atoms with Crippen LogP contribution in [0.5, 0.6) is 0 Å². The number of hydrogen-bond acceptors (Lipinski definition) is 3. The Bertz CT molecular complexity index is 500. The lowest BCUT2D eigenvalue weighted by Gasteiger charge is -2.15. The molecule has 16 heavy (non-hydrogen) atoms. The number of rotatable bonds is 3. The second kappa shape index (κ2) is 4.14. The Morgan fingerprint density at radius 3 is 2.56 bits per heavy atom. The molecule has 1 aromatic carbocycles. The predicted molar refractivity (Wildman–Crippen MR) is 61.4 cm³/mol. The molecule has 0 radical (unpaired) electrons. The van der Waals surface area contributed by atoms with Gasteiger partial charge in [0, 0.05) is 23.7 Å². The molecule has 0 aliphatic heterocycles. The number of benzene rings is 1. The minimum atomic E-state index is -0.142. The average Bonchev–Trinajstić information content (AvgIpc) is 2.32. The molecular weight excluding hydrogens is 202 g/mol. The Morgan fingerprint density at radius 2 is 1.88 bits per heavy atom. The van der Waals surface area contributed by atoms with Crippen molar-refractivity contribution in [2.75, 3.05) is 6.54 Å². The number of ketones is 2. The second-order valence-electron chi connectivity index (χ2n) is 3.47. The summed E-state index contributed by atoms with van der Waals surface area (Å²) < 4.78 is 0. The lowest BCUT2D eigenvalue weighted by atomic mass is 9.93. The molecule has 0 atom stereocenters. The summed E-state index contributed by atoms with van der Waals surface area (Å²) in [6, 6.07) is 6.83. The first kappa shape index (κ1) is 10.4. The summed E-state index contributed by atoms with van der Waals surface area (Å²) in [6.45, 7) is 4.01. The largest absolute Gasteiger partial charge is 0.378 e. The molecular formula is C13H11NO2. The van der Waals surface area contributed by atoms with Crippen LogP contribution in [-0.2, 0) is 0 Å². The topological polar surface area (TPSA) is 46.2 Å². The maximum atomic E-state index is 12.0. The van der Waals surface area contributed by atoms with Crippen LogP contribution in [0.15, 0.2) is 48.7 Å². The smallest absolute Gasteiger partial charge is 0.209 e. The van der Waals surface area contributed by atoms with Gasteiger partial charge < -0.3 is 5.32 Å². The van der Waals surface area contributed by atoms with Gasteiger partial charge in [-0.1, -0.05) is 30.3 Å².